The summed E-state index contributed by atoms with van der Waals surface area (Å²) in [5.41, 5.74) is 4.14. The largest absolute Gasteiger partial charge is 0.493 e. The number of aliphatic imine (C=N–C) groups is 1. The number of fused-ring (bicyclic) bond motifs is 1. The summed E-state index contributed by atoms with van der Waals surface area (Å²) in [5, 5.41) is 0. The fourth-order valence-corrected chi connectivity index (χ4v) is 2.78. The van der Waals surface area contributed by atoms with Gasteiger partial charge in [0.15, 0.2) is 11.5 Å². The molecule has 0 radical (unpaired) electrons. The third-order valence-corrected chi connectivity index (χ3v) is 3.86. The Balaban J connectivity index is 1.97. The van der Waals surface area contributed by atoms with Gasteiger partial charge in [-0.25, -0.2) is 4.39 Å². The highest BCUT2D eigenvalue weighted by Crippen LogP contribution is 2.33. The summed E-state index contributed by atoms with van der Waals surface area (Å²) >= 11 is 0. The molecular weight excluding hydrogens is 281 g/mol. The Morgan fingerprint density at radius 3 is 2.59 bits per heavy atom. The van der Waals surface area contributed by atoms with Crippen molar-refractivity contribution < 1.29 is 13.9 Å². The summed E-state index contributed by atoms with van der Waals surface area (Å²) in [7, 11) is 3.26. The molecule has 1 heterocycles. The smallest absolute Gasteiger partial charge is 0.161 e. The van der Waals surface area contributed by atoms with E-state index in [1.807, 2.05) is 18.2 Å². The fourth-order valence-electron chi connectivity index (χ4n) is 2.78. The number of nitrogens with zero attached hydrogens (tertiary/aromatic N) is 1. The lowest BCUT2D eigenvalue weighted by atomic mass is 9.93. The first-order valence-electron chi connectivity index (χ1n) is 7.24. The lowest BCUT2D eigenvalue weighted by molar-refractivity contribution is 0.354. The van der Waals surface area contributed by atoms with Crippen molar-refractivity contribution in [2.24, 2.45) is 4.99 Å². The molecule has 22 heavy (non-hydrogen) atoms. The van der Waals surface area contributed by atoms with Gasteiger partial charge in [0, 0.05) is 24.2 Å². The van der Waals surface area contributed by atoms with Crippen molar-refractivity contribution in [3.63, 3.8) is 0 Å². The standard InChI is InChI=1S/C18H18FNO2/c1-21-17-10-13-6-7-20-16(15(13)11-18(17)22-2)9-12-4-3-5-14(19)8-12/h3-5,8,10-11H,6-7,9H2,1-2H3. The van der Waals surface area contributed by atoms with Gasteiger partial charge >= 0.3 is 0 Å². The highest BCUT2D eigenvalue weighted by atomic mass is 19.1. The molecule has 1 aliphatic rings. The lowest BCUT2D eigenvalue weighted by Crippen LogP contribution is -2.16. The lowest BCUT2D eigenvalue weighted by Gasteiger charge is -2.20. The Morgan fingerprint density at radius 1 is 1.09 bits per heavy atom. The van der Waals surface area contributed by atoms with Gasteiger partial charge in [-0.05, 0) is 41.8 Å². The molecule has 4 heteroatoms. The summed E-state index contributed by atoms with van der Waals surface area (Å²) in [6.45, 7) is 0.743. The third-order valence-electron chi connectivity index (χ3n) is 3.86. The molecule has 0 bridgehead atoms. The van der Waals surface area contributed by atoms with E-state index in [4.69, 9.17) is 9.47 Å². The molecule has 0 unspecified atom stereocenters. The molecule has 3 rings (SSSR count). The van der Waals surface area contributed by atoms with Gasteiger partial charge in [-0.2, -0.15) is 0 Å². The monoisotopic (exact) mass is 299 g/mol. The second-order valence-electron chi connectivity index (χ2n) is 5.25. The molecule has 0 aliphatic carbocycles. The van der Waals surface area contributed by atoms with Crippen LogP contribution in [0, 0.1) is 5.82 Å². The minimum atomic E-state index is -0.221. The number of hydrogen-bond donors (Lipinski definition) is 0. The van der Waals surface area contributed by atoms with E-state index in [1.165, 1.54) is 11.6 Å². The van der Waals surface area contributed by atoms with Crippen LogP contribution in [0.3, 0.4) is 0 Å². The number of halogens is 1. The average Bonchev–Trinajstić information content (AvgIpc) is 2.54. The first-order valence-corrected chi connectivity index (χ1v) is 7.24. The van der Waals surface area contributed by atoms with Crippen molar-refractivity contribution in [3.05, 3.63) is 58.9 Å². The van der Waals surface area contributed by atoms with Crippen LogP contribution in [0.15, 0.2) is 41.4 Å². The summed E-state index contributed by atoms with van der Waals surface area (Å²) in [5.74, 6) is 1.20. The van der Waals surface area contributed by atoms with Crippen LogP contribution in [0.25, 0.3) is 0 Å². The molecule has 0 amide bonds. The van der Waals surface area contributed by atoms with Gasteiger partial charge in [-0.3, -0.25) is 4.99 Å². The minimum Gasteiger partial charge on any atom is -0.493 e. The Kier molecular flexibility index (Phi) is 4.09. The second kappa shape index (κ2) is 6.18. The topological polar surface area (TPSA) is 30.8 Å². The molecular formula is C18H18FNO2. The molecule has 3 nitrogen and oxygen atoms in total. The third kappa shape index (κ3) is 2.82. The minimum absolute atomic E-state index is 0.221. The van der Waals surface area contributed by atoms with Crippen molar-refractivity contribution in [3.8, 4) is 11.5 Å². The van der Waals surface area contributed by atoms with Crippen LogP contribution in [0.1, 0.15) is 16.7 Å². The first kappa shape index (κ1) is 14.6. The highest BCUT2D eigenvalue weighted by Gasteiger charge is 2.18. The molecule has 0 saturated heterocycles. The normalized spacial score (nSPS) is 13.3. The van der Waals surface area contributed by atoms with Gasteiger partial charge in [0.2, 0.25) is 0 Å². The molecule has 1 aliphatic heterocycles. The Bertz CT molecular complexity index is 725. The van der Waals surface area contributed by atoms with Crippen LogP contribution in [0.4, 0.5) is 4.39 Å². The van der Waals surface area contributed by atoms with Gasteiger partial charge in [-0.1, -0.05) is 12.1 Å². The van der Waals surface area contributed by atoms with Crippen LogP contribution in [0.2, 0.25) is 0 Å². The van der Waals surface area contributed by atoms with Crippen molar-refractivity contribution >= 4 is 5.71 Å². The maximum atomic E-state index is 13.4. The van der Waals surface area contributed by atoms with E-state index < -0.39 is 0 Å². The summed E-state index contributed by atoms with van der Waals surface area (Å²) < 4.78 is 24.1. The fraction of sp³-hybridized carbons (Fsp3) is 0.278. The summed E-state index contributed by atoms with van der Waals surface area (Å²) in [4.78, 5) is 4.62. The molecule has 2 aromatic rings. The van der Waals surface area contributed by atoms with Gasteiger partial charge in [0.25, 0.3) is 0 Å². The second-order valence-corrected chi connectivity index (χ2v) is 5.25. The zero-order chi connectivity index (χ0) is 15.5. The van der Waals surface area contributed by atoms with E-state index >= 15 is 0 Å². The maximum absolute atomic E-state index is 13.4. The number of hydrogen-bond acceptors (Lipinski definition) is 3. The quantitative estimate of drug-likeness (QED) is 0.866. The number of ether oxygens (including phenoxy) is 2. The van der Waals surface area contributed by atoms with Crippen LogP contribution in [-0.4, -0.2) is 26.5 Å². The van der Waals surface area contributed by atoms with E-state index in [0.29, 0.717) is 12.2 Å². The first-order chi connectivity index (χ1) is 10.7. The predicted octanol–water partition coefficient (Wildman–Crippen LogP) is 3.43. The predicted molar refractivity (Wildman–Crippen MR) is 84.8 cm³/mol. The maximum Gasteiger partial charge on any atom is 0.161 e. The van der Waals surface area contributed by atoms with Crippen molar-refractivity contribution in [2.45, 2.75) is 12.8 Å². The number of rotatable bonds is 4. The van der Waals surface area contributed by atoms with E-state index in [0.717, 1.165) is 35.6 Å². The number of benzene rings is 2. The van der Waals surface area contributed by atoms with Crippen molar-refractivity contribution in [1.82, 2.24) is 0 Å². The average molecular weight is 299 g/mol. The van der Waals surface area contributed by atoms with Gasteiger partial charge in [0.05, 0.1) is 14.2 Å². The molecule has 0 N–H and O–H groups in total. The van der Waals surface area contributed by atoms with E-state index in [-0.39, 0.29) is 5.82 Å². The molecule has 0 saturated carbocycles. The van der Waals surface area contributed by atoms with E-state index in [9.17, 15) is 4.39 Å². The SMILES string of the molecule is COc1cc2c(cc1OC)C(Cc1cccc(F)c1)=NCC2. The van der Waals surface area contributed by atoms with Crippen LogP contribution < -0.4 is 9.47 Å². The van der Waals surface area contributed by atoms with Gasteiger partial charge in [-0.15, -0.1) is 0 Å². The zero-order valence-electron chi connectivity index (χ0n) is 12.7. The highest BCUT2D eigenvalue weighted by molar-refractivity contribution is 6.04. The van der Waals surface area contributed by atoms with E-state index in [1.54, 1.807) is 26.4 Å². The van der Waals surface area contributed by atoms with Crippen molar-refractivity contribution in [2.75, 3.05) is 20.8 Å². The summed E-state index contributed by atoms with van der Waals surface area (Å²) in [6, 6.07) is 10.6. The number of methoxy groups -OCH3 is 2. The van der Waals surface area contributed by atoms with Gasteiger partial charge < -0.3 is 9.47 Å². The molecule has 0 aromatic heterocycles. The van der Waals surface area contributed by atoms with Crippen LogP contribution in [0.5, 0.6) is 11.5 Å². The molecule has 0 atom stereocenters. The Hall–Kier alpha value is -2.36. The zero-order valence-corrected chi connectivity index (χ0v) is 12.7. The van der Waals surface area contributed by atoms with Crippen LogP contribution >= 0.6 is 0 Å². The van der Waals surface area contributed by atoms with E-state index in [2.05, 4.69) is 4.99 Å². The summed E-state index contributed by atoms with van der Waals surface area (Å²) in [6.07, 6.45) is 1.49. The Morgan fingerprint density at radius 2 is 1.86 bits per heavy atom. The molecule has 0 fully saturated rings. The Labute approximate surface area is 129 Å². The van der Waals surface area contributed by atoms with Gasteiger partial charge in [0.1, 0.15) is 5.82 Å². The molecule has 2 aromatic carbocycles. The molecule has 114 valence electrons. The van der Waals surface area contributed by atoms with Crippen molar-refractivity contribution in [1.29, 1.82) is 0 Å². The van der Waals surface area contributed by atoms with Crippen LogP contribution in [-0.2, 0) is 12.8 Å². The molecule has 0 spiro atoms.